The Bertz CT molecular complexity index is 1010. The Balaban J connectivity index is 1.56. The van der Waals surface area contributed by atoms with Gasteiger partial charge >= 0.3 is 0 Å². The first kappa shape index (κ1) is 24.9. The molecule has 0 spiro atoms. The molecule has 3 aromatic carbocycles. The van der Waals surface area contributed by atoms with E-state index in [-0.39, 0.29) is 6.61 Å². The third-order valence-electron chi connectivity index (χ3n) is 6.01. The largest absolute Gasteiger partial charge is 0.394 e. The molecule has 1 heterocycles. The Hall–Kier alpha value is -2.19. The number of benzene rings is 3. The van der Waals surface area contributed by atoms with E-state index < -0.39 is 29.9 Å². The van der Waals surface area contributed by atoms with Gasteiger partial charge in [-0.1, -0.05) is 90.6 Å². The van der Waals surface area contributed by atoms with Gasteiger partial charge in [0, 0.05) is 4.90 Å². The predicted octanol–water partition coefficient (Wildman–Crippen LogP) is 4.64. The van der Waals surface area contributed by atoms with Crippen LogP contribution in [0.15, 0.2) is 83.8 Å². The Morgan fingerprint density at radius 2 is 1.29 bits per heavy atom. The molecule has 1 aliphatic heterocycles. The maximum Gasteiger partial charge on any atom is 0.137 e. The summed E-state index contributed by atoms with van der Waals surface area (Å²) < 4.78 is 18.7. The van der Waals surface area contributed by atoms with E-state index in [0.717, 1.165) is 27.1 Å². The van der Waals surface area contributed by atoms with Gasteiger partial charge in [-0.25, -0.2) is 0 Å². The molecule has 6 heteroatoms. The van der Waals surface area contributed by atoms with Gasteiger partial charge < -0.3 is 24.4 Å². The average Bonchev–Trinajstić information content (AvgIpc) is 2.86. The van der Waals surface area contributed by atoms with E-state index in [1.54, 1.807) is 0 Å². The molecule has 0 aromatic heterocycles. The van der Waals surface area contributed by atoms with E-state index in [0.29, 0.717) is 13.2 Å². The van der Waals surface area contributed by atoms with Crippen LogP contribution >= 0.6 is 11.8 Å². The van der Waals surface area contributed by atoms with Crippen LogP contribution in [0.2, 0.25) is 0 Å². The molecule has 4 rings (SSSR count). The zero-order valence-electron chi connectivity index (χ0n) is 19.5. The topological polar surface area (TPSA) is 68.2 Å². The second kappa shape index (κ2) is 12.0. The number of aliphatic hydroxyl groups is 2. The molecule has 1 aliphatic rings. The van der Waals surface area contributed by atoms with E-state index in [4.69, 9.17) is 14.2 Å². The lowest BCUT2D eigenvalue weighted by Crippen LogP contribution is -2.59. The van der Waals surface area contributed by atoms with Gasteiger partial charge in [-0.2, -0.15) is 0 Å². The van der Waals surface area contributed by atoms with Crippen molar-refractivity contribution in [1.29, 1.82) is 0 Å². The molecule has 5 atom stereocenters. The predicted molar refractivity (Wildman–Crippen MR) is 134 cm³/mol. The van der Waals surface area contributed by atoms with Crippen molar-refractivity contribution in [2.24, 2.45) is 0 Å². The summed E-state index contributed by atoms with van der Waals surface area (Å²) in [6, 6.07) is 25.8. The zero-order chi connectivity index (χ0) is 23.9. The minimum atomic E-state index is -0.972. The normalized spacial score (nSPS) is 24.8. The van der Waals surface area contributed by atoms with E-state index >= 15 is 0 Å². The summed E-state index contributed by atoms with van der Waals surface area (Å²) in [4.78, 5) is 1.09. The lowest BCUT2D eigenvalue weighted by molar-refractivity contribution is -0.237. The second-order valence-electron chi connectivity index (χ2n) is 8.58. The molecule has 34 heavy (non-hydrogen) atoms. The quantitative estimate of drug-likeness (QED) is 0.465. The molecule has 0 saturated carbocycles. The van der Waals surface area contributed by atoms with Gasteiger partial charge in [0.15, 0.2) is 0 Å². The highest BCUT2D eigenvalue weighted by atomic mass is 32.2. The molecule has 5 nitrogen and oxygen atoms in total. The smallest absolute Gasteiger partial charge is 0.137 e. The minimum absolute atomic E-state index is 0.258. The van der Waals surface area contributed by atoms with Gasteiger partial charge in [0.05, 0.1) is 19.8 Å². The average molecular weight is 481 g/mol. The molecule has 1 fully saturated rings. The summed E-state index contributed by atoms with van der Waals surface area (Å²) in [5.74, 6) is 0. The zero-order valence-corrected chi connectivity index (χ0v) is 20.4. The molecule has 0 amide bonds. The van der Waals surface area contributed by atoms with Crippen LogP contribution in [0.4, 0.5) is 0 Å². The van der Waals surface area contributed by atoms with Crippen LogP contribution in [0.25, 0.3) is 0 Å². The molecule has 0 aliphatic carbocycles. The van der Waals surface area contributed by atoms with Crippen LogP contribution in [0.1, 0.15) is 22.3 Å². The monoisotopic (exact) mass is 480 g/mol. The van der Waals surface area contributed by atoms with Gasteiger partial charge in [0.2, 0.25) is 0 Å². The molecule has 0 radical (unpaired) electrons. The number of rotatable bonds is 9. The molecule has 3 aromatic rings. The first-order valence-corrected chi connectivity index (χ1v) is 12.4. The fraction of sp³-hybridized carbons (Fsp3) is 0.357. The Morgan fingerprint density at radius 3 is 1.82 bits per heavy atom. The van der Waals surface area contributed by atoms with Gasteiger partial charge in [0.25, 0.3) is 0 Å². The number of hydrogen-bond acceptors (Lipinski definition) is 6. The van der Waals surface area contributed by atoms with E-state index in [2.05, 4.69) is 26.0 Å². The third-order valence-corrected chi connectivity index (χ3v) is 7.50. The van der Waals surface area contributed by atoms with Crippen LogP contribution in [0.5, 0.6) is 0 Å². The van der Waals surface area contributed by atoms with E-state index in [9.17, 15) is 10.2 Å². The lowest BCUT2D eigenvalue weighted by Gasteiger charge is -2.44. The summed E-state index contributed by atoms with van der Waals surface area (Å²) in [7, 11) is 0. The maximum absolute atomic E-state index is 11.4. The third kappa shape index (κ3) is 6.08. The highest BCUT2D eigenvalue weighted by Crippen LogP contribution is 2.38. The van der Waals surface area contributed by atoms with Crippen molar-refractivity contribution in [3.8, 4) is 0 Å². The molecule has 2 N–H and O–H groups in total. The van der Waals surface area contributed by atoms with Crippen LogP contribution < -0.4 is 0 Å². The van der Waals surface area contributed by atoms with Crippen LogP contribution in [-0.4, -0.2) is 46.7 Å². The van der Waals surface area contributed by atoms with Crippen molar-refractivity contribution < 1.29 is 24.4 Å². The lowest BCUT2D eigenvalue weighted by atomic mass is 9.99. The van der Waals surface area contributed by atoms with E-state index in [1.807, 2.05) is 66.7 Å². The molecular formula is C28H32O5S. The summed E-state index contributed by atoms with van der Waals surface area (Å²) in [5, 5.41) is 21.5. The Kier molecular flexibility index (Phi) is 8.78. The van der Waals surface area contributed by atoms with Crippen LogP contribution in [-0.2, 0) is 27.4 Å². The molecule has 1 saturated heterocycles. The van der Waals surface area contributed by atoms with Crippen molar-refractivity contribution in [3.05, 3.63) is 101 Å². The van der Waals surface area contributed by atoms with Crippen LogP contribution in [0, 0.1) is 13.8 Å². The fourth-order valence-corrected chi connectivity index (χ4v) is 5.47. The summed E-state index contributed by atoms with van der Waals surface area (Å²) in [5.41, 5.74) is 3.75. The second-order valence-corrected chi connectivity index (χ2v) is 9.69. The highest BCUT2D eigenvalue weighted by molar-refractivity contribution is 8.00. The van der Waals surface area contributed by atoms with Crippen molar-refractivity contribution in [3.63, 3.8) is 0 Å². The number of ether oxygens (including phenoxy) is 3. The first-order chi connectivity index (χ1) is 16.6. The molecule has 180 valence electrons. The fourth-order valence-electron chi connectivity index (χ4n) is 4.15. The van der Waals surface area contributed by atoms with Gasteiger partial charge in [-0.15, -0.1) is 0 Å². The SMILES string of the molecule is Cc1cccc(C)c1S[C@@H]1O[C@H](CO)[C@@H](OCc2ccccc2)[C@H](O)[C@H]1OCc1ccccc1. The number of aryl methyl sites for hydroxylation is 2. The van der Waals surface area contributed by atoms with Crippen molar-refractivity contribution in [2.45, 2.75) is 61.8 Å². The maximum atomic E-state index is 11.4. The molecular weight excluding hydrogens is 448 g/mol. The Labute approximate surface area is 205 Å². The standard InChI is InChI=1S/C28H32O5S/c1-19-10-9-11-20(2)27(19)34-28-26(32-18-22-14-7-4-8-15-22)24(30)25(23(16-29)33-28)31-17-21-12-5-3-6-13-21/h3-15,23-26,28-30H,16-18H2,1-2H3/t23-,24+,25-,26-,28+/m1/s1. The van der Waals surface area contributed by atoms with E-state index in [1.165, 1.54) is 11.8 Å². The first-order valence-electron chi connectivity index (χ1n) is 11.5. The summed E-state index contributed by atoms with van der Waals surface area (Å²) in [6.07, 6.45) is -3.01. The van der Waals surface area contributed by atoms with Crippen molar-refractivity contribution >= 4 is 11.8 Å². The minimum Gasteiger partial charge on any atom is -0.394 e. The number of thioether (sulfide) groups is 1. The highest BCUT2D eigenvalue weighted by Gasteiger charge is 2.47. The summed E-state index contributed by atoms with van der Waals surface area (Å²) in [6.45, 7) is 4.51. The number of hydrogen-bond donors (Lipinski definition) is 2. The van der Waals surface area contributed by atoms with Gasteiger partial charge in [-0.05, 0) is 36.1 Å². The van der Waals surface area contributed by atoms with Gasteiger partial charge in [-0.3, -0.25) is 0 Å². The Morgan fingerprint density at radius 1 is 0.765 bits per heavy atom. The molecule has 0 bridgehead atoms. The van der Waals surface area contributed by atoms with Crippen LogP contribution in [0.3, 0.4) is 0 Å². The van der Waals surface area contributed by atoms with Crippen molar-refractivity contribution in [1.82, 2.24) is 0 Å². The number of aliphatic hydroxyl groups excluding tert-OH is 2. The molecule has 0 unspecified atom stereocenters. The summed E-state index contributed by atoms with van der Waals surface area (Å²) >= 11 is 1.53. The van der Waals surface area contributed by atoms with Gasteiger partial charge in [0.1, 0.15) is 29.9 Å². The van der Waals surface area contributed by atoms with Crippen molar-refractivity contribution in [2.75, 3.05) is 6.61 Å².